The van der Waals surface area contributed by atoms with Crippen LogP contribution in [-0.4, -0.2) is 15.2 Å². The predicted octanol–water partition coefficient (Wildman–Crippen LogP) is 2.59. The molecule has 1 N–H and O–H groups in total. The van der Waals surface area contributed by atoms with Crippen molar-refractivity contribution >= 4 is 11.3 Å². The van der Waals surface area contributed by atoms with Crippen LogP contribution in [0.1, 0.15) is 0 Å². The Labute approximate surface area is 89.6 Å². The minimum atomic E-state index is 0.652. The third-order valence-corrected chi connectivity index (χ3v) is 2.88. The second-order valence-corrected chi connectivity index (χ2v) is 3.87. The Hall–Kier alpha value is -1.88. The molecule has 0 spiro atoms. The van der Waals surface area contributed by atoms with Gasteiger partial charge in [0.25, 0.3) is 6.39 Å². The first-order chi connectivity index (χ1) is 7.45. The summed E-state index contributed by atoms with van der Waals surface area (Å²) in [7, 11) is 0. The van der Waals surface area contributed by atoms with E-state index in [2.05, 4.69) is 21.6 Å². The number of thiophene rings is 1. The first-order valence-corrected chi connectivity index (χ1v) is 5.24. The maximum atomic E-state index is 5.22. The Balaban J connectivity index is 2.15. The fraction of sp³-hybridized carbons (Fsp3) is 0. The van der Waals surface area contributed by atoms with Crippen molar-refractivity contribution in [1.82, 2.24) is 15.2 Å². The number of hydrogen-bond acceptors (Lipinski definition) is 4. The van der Waals surface area contributed by atoms with Gasteiger partial charge in [-0.25, -0.2) is 4.98 Å². The van der Waals surface area contributed by atoms with Crippen LogP contribution in [0.5, 0.6) is 0 Å². The summed E-state index contributed by atoms with van der Waals surface area (Å²) in [5.41, 5.74) is 1.53. The Morgan fingerprint density at radius 1 is 1.40 bits per heavy atom. The van der Waals surface area contributed by atoms with E-state index in [4.69, 9.17) is 4.42 Å². The van der Waals surface area contributed by atoms with Crippen LogP contribution in [0.15, 0.2) is 34.2 Å². The molecule has 1 radical (unpaired) electrons. The molecule has 0 atom stereocenters. The zero-order valence-electron chi connectivity index (χ0n) is 7.60. The second-order valence-electron chi connectivity index (χ2n) is 2.92. The highest BCUT2D eigenvalue weighted by molar-refractivity contribution is 7.13. The summed E-state index contributed by atoms with van der Waals surface area (Å²) in [5, 5.41) is 8.80. The highest BCUT2D eigenvalue weighted by Gasteiger charge is 2.15. The molecule has 0 aromatic carbocycles. The monoisotopic (exact) mass is 216 g/mol. The van der Waals surface area contributed by atoms with Crippen molar-refractivity contribution in [1.29, 1.82) is 0 Å². The number of nitrogens with one attached hydrogen (secondary N) is 1. The molecule has 0 saturated heterocycles. The molecule has 0 aliphatic carbocycles. The topological polar surface area (TPSA) is 54.7 Å². The molecular formula is C10H6N3OS. The highest BCUT2D eigenvalue weighted by atomic mass is 32.1. The molecule has 5 heteroatoms. The molecule has 0 unspecified atom stereocenters. The average molecular weight is 216 g/mol. The van der Waals surface area contributed by atoms with Gasteiger partial charge < -0.3 is 4.42 Å². The summed E-state index contributed by atoms with van der Waals surface area (Å²) < 4.78 is 5.22. The summed E-state index contributed by atoms with van der Waals surface area (Å²) in [6, 6.07) is 5.81. The van der Waals surface area contributed by atoms with Gasteiger partial charge >= 0.3 is 0 Å². The van der Waals surface area contributed by atoms with Crippen LogP contribution in [0.2, 0.25) is 0 Å². The van der Waals surface area contributed by atoms with Crippen molar-refractivity contribution in [3.05, 3.63) is 36.2 Å². The van der Waals surface area contributed by atoms with E-state index in [1.807, 2.05) is 23.6 Å². The minimum absolute atomic E-state index is 0.652. The number of nitrogens with zero attached hydrogens (tertiary/aromatic N) is 2. The third kappa shape index (κ3) is 1.37. The number of rotatable bonds is 2. The molecule has 15 heavy (non-hydrogen) atoms. The lowest BCUT2D eigenvalue weighted by Crippen LogP contribution is -1.79. The number of aromatic nitrogens is 3. The molecule has 0 saturated carbocycles. The largest absolute Gasteiger partial charge is 0.430 e. The number of hydrogen-bond donors (Lipinski definition) is 1. The average Bonchev–Trinajstić information content (AvgIpc) is 3.01. The minimum Gasteiger partial charge on any atom is -0.430 e. The Morgan fingerprint density at radius 2 is 2.40 bits per heavy atom. The van der Waals surface area contributed by atoms with E-state index in [1.165, 1.54) is 0 Å². The number of H-pyrrole nitrogens is 1. The molecule has 0 bridgehead atoms. The molecule has 3 aromatic heterocycles. The molecule has 0 aliphatic rings. The fourth-order valence-electron chi connectivity index (χ4n) is 1.35. The summed E-state index contributed by atoms with van der Waals surface area (Å²) in [4.78, 5) is 5.13. The van der Waals surface area contributed by atoms with E-state index < -0.39 is 0 Å². The molecule has 0 aliphatic heterocycles. The van der Waals surface area contributed by atoms with Crippen molar-refractivity contribution in [3.63, 3.8) is 0 Å². The first kappa shape index (κ1) is 8.43. The van der Waals surface area contributed by atoms with Gasteiger partial charge in [-0.15, -0.1) is 11.3 Å². The maximum absolute atomic E-state index is 5.22. The van der Waals surface area contributed by atoms with Crippen LogP contribution >= 0.6 is 11.3 Å². The standard InChI is InChI=1S/C10H6N3OS/c1-2-8(15-5-1)9-10(14-6-11-9)7-3-4-12-13-7/h1-5H,(H,12,13). The van der Waals surface area contributed by atoms with Gasteiger partial charge in [-0.2, -0.15) is 5.10 Å². The van der Waals surface area contributed by atoms with Crippen molar-refractivity contribution in [2.75, 3.05) is 0 Å². The van der Waals surface area contributed by atoms with E-state index >= 15 is 0 Å². The van der Waals surface area contributed by atoms with Crippen LogP contribution in [0, 0.1) is 6.39 Å². The van der Waals surface area contributed by atoms with E-state index in [0.717, 1.165) is 16.3 Å². The fourth-order valence-corrected chi connectivity index (χ4v) is 2.06. The Morgan fingerprint density at radius 3 is 3.13 bits per heavy atom. The number of aromatic amines is 1. The number of oxazole rings is 1. The molecule has 73 valence electrons. The van der Waals surface area contributed by atoms with Crippen LogP contribution < -0.4 is 0 Å². The van der Waals surface area contributed by atoms with Crippen molar-refractivity contribution in [3.8, 4) is 22.0 Å². The van der Waals surface area contributed by atoms with E-state index in [-0.39, 0.29) is 0 Å². The quantitative estimate of drug-likeness (QED) is 0.716. The van der Waals surface area contributed by atoms with Gasteiger partial charge in [0.05, 0.1) is 4.88 Å². The van der Waals surface area contributed by atoms with Gasteiger partial charge in [-0.05, 0) is 17.5 Å². The zero-order valence-corrected chi connectivity index (χ0v) is 8.41. The lowest BCUT2D eigenvalue weighted by atomic mass is 10.2. The lowest BCUT2D eigenvalue weighted by molar-refractivity contribution is 0.559. The molecule has 0 amide bonds. The van der Waals surface area contributed by atoms with Crippen LogP contribution in [0.25, 0.3) is 22.0 Å². The third-order valence-electron chi connectivity index (χ3n) is 2.01. The van der Waals surface area contributed by atoms with Crippen molar-refractivity contribution in [2.24, 2.45) is 0 Å². The van der Waals surface area contributed by atoms with Crippen molar-refractivity contribution < 1.29 is 4.42 Å². The smallest absolute Gasteiger partial charge is 0.284 e. The van der Waals surface area contributed by atoms with Crippen LogP contribution in [-0.2, 0) is 0 Å². The molecular weight excluding hydrogens is 210 g/mol. The predicted molar refractivity (Wildman–Crippen MR) is 56.2 cm³/mol. The van der Waals surface area contributed by atoms with Gasteiger partial charge in [0, 0.05) is 6.20 Å². The van der Waals surface area contributed by atoms with Gasteiger partial charge in [0.2, 0.25) is 0 Å². The molecule has 0 fully saturated rings. The van der Waals surface area contributed by atoms with Gasteiger partial charge in [-0.3, -0.25) is 5.10 Å². The maximum Gasteiger partial charge on any atom is 0.284 e. The lowest BCUT2D eigenvalue weighted by Gasteiger charge is -1.93. The summed E-state index contributed by atoms with van der Waals surface area (Å²) in [5.74, 6) is 0.652. The summed E-state index contributed by atoms with van der Waals surface area (Å²) in [6.45, 7) is 0. The van der Waals surface area contributed by atoms with Gasteiger partial charge in [-0.1, -0.05) is 6.07 Å². The zero-order chi connectivity index (χ0) is 10.1. The highest BCUT2D eigenvalue weighted by Crippen LogP contribution is 2.31. The van der Waals surface area contributed by atoms with E-state index in [9.17, 15) is 0 Å². The Bertz CT molecular complexity index is 490. The molecule has 4 nitrogen and oxygen atoms in total. The summed E-state index contributed by atoms with van der Waals surface area (Å²) >= 11 is 1.61. The Kier molecular flexibility index (Phi) is 1.89. The molecule has 3 rings (SSSR count). The summed E-state index contributed by atoms with van der Waals surface area (Å²) in [6.07, 6.45) is 4.25. The second kappa shape index (κ2) is 3.36. The van der Waals surface area contributed by atoms with Gasteiger partial charge in [0.15, 0.2) is 5.76 Å². The normalized spacial score (nSPS) is 10.7. The van der Waals surface area contributed by atoms with Crippen molar-refractivity contribution in [2.45, 2.75) is 0 Å². The first-order valence-electron chi connectivity index (χ1n) is 4.36. The SMILES string of the molecule is [c]1nc(-c2cccs2)c(-c2cc[nH]n2)o1. The van der Waals surface area contributed by atoms with E-state index in [0.29, 0.717) is 5.76 Å². The van der Waals surface area contributed by atoms with E-state index in [1.54, 1.807) is 17.5 Å². The van der Waals surface area contributed by atoms with Crippen LogP contribution in [0.3, 0.4) is 0 Å². The molecule has 3 heterocycles. The molecule has 3 aromatic rings. The van der Waals surface area contributed by atoms with Crippen LogP contribution in [0.4, 0.5) is 0 Å². The van der Waals surface area contributed by atoms with Gasteiger partial charge in [0.1, 0.15) is 11.4 Å².